The van der Waals surface area contributed by atoms with Crippen LogP contribution < -0.4 is 4.90 Å². The predicted molar refractivity (Wildman–Crippen MR) is 67.1 cm³/mol. The third-order valence-electron chi connectivity index (χ3n) is 2.59. The third kappa shape index (κ3) is 2.52. The van der Waals surface area contributed by atoms with Crippen LogP contribution in [0.1, 0.15) is 12.8 Å². The Balaban J connectivity index is 2.19. The summed E-state index contributed by atoms with van der Waals surface area (Å²) in [6.45, 7) is 1.73. The lowest BCUT2D eigenvalue weighted by Crippen LogP contribution is -2.36. The number of anilines is 1. The predicted octanol–water partition coefficient (Wildman–Crippen LogP) is 2.57. The number of aliphatic hydroxyl groups is 1. The number of rotatable bonds is 1. The van der Waals surface area contributed by atoms with Gasteiger partial charge >= 0.3 is 0 Å². The molecule has 0 amide bonds. The van der Waals surface area contributed by atoms with Crippen LogP contribution in [0.2, 0.25) is 0 Å². The largest absolute Gasteiger partial charge is 0.393 e. The number of hydrogen-bond donors (Lipinski definition) is 1. The van der Waals surface area contributed by atoms with Gasteiger partial charge in [0.15, 0.2) is 0 Å². The molecule has 0 aromatic carbocycles. The molecule has 5 heteroatoms. The van der Waals surface area contributed by atoms with E-state index in [1.54, 1.807) is 6.20 Å². The highest BCUT2D eigenvalue weighted by Gasteiger charge is 2.20. The molecule has 0 radical (unpaired) electrons. The first-order valence-electron chi connectivity index (χ1n) is 4.91. The zero-order valence-electron chi connectivity index (χ0n) is 8.16. The summed E-state index contributed by atoms with van der Waals surface area (Å²) in [4.78, 5) is 6.55. The van der Waals surface area contributed by atoms with E-state index < -0.39 is 0 Å². The monoisotopic (exact) mass is 334 g/mol. The van der Waals surface area contributed by atoms with Crippen LogP contribution in [0.5, 0.6) is 0 Å². The summed E-state index contributed by atoms with van der Waals surface area (Å²) in [6.07, 6.45) is 3.28. The molecule has 0 saturated carbocycles. The second-order valence-corrected chi connectivity index (χ2v) is 5.30. The molecule has 1 aliphatic heterocycles. The van der Waals surface area contributed by atoms with Crippen LogP contribution in [0.25, 0.3) is 0 Å². The highest BCUT2D eigenvalue weighted by molar-refractivity contribution is 9.13. The highest BCUT2D eigenvalue weighted by atomic mass is 79.9. The molecule has 0 unspecified atom stereocenters. The summed E-state index contributed by atoms with van der Waals surface area (Å²) < 4.78 is 2.00. The van der Waals surface area contributed by atoms with Crippen molar-refractivity contribution in [3.05, 3.63) is 21.2 Å². The standard InChI is InChI=1S/C10H12Br2N2O/c11-8-1-4-13-10(9(8)12)14-5-2-7(15)3-6-14/h1,4,7,15H,2-3,5-6H2. The summed E-state index contributed by atoms with van der Waals surface area (Å²) in [5, 5.41) is 9.43. The molecule has 1 N–H and O–H groups in total. The number of hydrogen-bond acceptors (Lipinski definition) is 3. The van der Waals surface area contributed by atoms with Crippen molar-refractivity contribution in [2.75, 3.05) is 18.0 Å². The molecule has 2 rings (SSSR count). The van der Waals surface area contributed by atoms with Crippen LogP contribution >= 0.6 is 31.9 Å². The molecular formula is C10H12Br2N2O. The zero-order valence-corrected chi connectivity index (χ0v) is 11.3. The van der Waals surface area contributed by atoms with E-state index in [-0.39, 0.29) is 6.10 Å². The summed E-state index contributed by atoms with van der Waals surface area (Å²) in [6, 6.07) is 1.91. The molecule has 0 aliphatic carbocycles. The molecule has 1 fully saturated rings. The van der Waals surface area contributed by atoms with E-state index in [2.05, 4.69) is 41.7 Å². The van der Waals surface area contributed by atoms with E-state index in [0.717, 1.165) is 40.7 Å². The Hall–Kier alpha value is -0.130. The van der Waals surface area contributed by atoms with Gasteiger partial charge in [0.05, 0.1) is 10.6 Å². The van der Waals surface area contributed by atoms with Gasteiger partial charge in [-0.3, -0.25) is 0 Å². The van der Waals surface area contributed by atoms with E-state index in [4.69, 9.17) is 0 Å². The van der Waals surface area contributed by atoms with Crippen LogP contribution in [0.4, 0.5) is 5.82 Å². The first-order valence-corrected chi connectivity index (χ1v) is 6.50. The zero-order chi connectivity index (χ0) is 10.8. The number of aliphatic hydroxyl groups excluding tert-OH is 1. The van der Waals surface area contributed by atoms with Crippen molar-refractivity contribution in [1.82, 2.24) is 4.98 Å². The number of pyridine rings is 1. The first kappa shape index (κ1) is 11.4. The Labute approximate surface area is 106 Å². The van der Waals surface area contributed by atoms with Gasteiger partial charge in [-0.2, -0.15) is 0 Å². The number of aromatic nitrogens is 1. The number of piperidine rings is 1. The van der Waals surface area contributed by atoms with Gasteiger partial charge in [0, 0.05) is 23.8 Å². The van der Waals surface area contributed by atoms with Crippen LogP contribution in [0.3, 0.4) is 0 Å². The van der Waals surface area contributed by atoms with Gasteiger partial charge in [0.2, 0.25) is 0 Å². The maximum Gasteiger partial charge on any atom is 0.144 e. The van der Waals surface area contributed by atoms with Gasteiger partial charge in [0.1, 0.15) is 5.82 Å². The SMILES string of the molecule is OC1CCN(c2nccc(Br)c2Br)CC1. The van der Waals surface area contributed by atoms with Gasteiger partial charge in [-0.05, 0) is 50.8 Å². The van der Waals surface area contributed by atoms with Gasteiger partial charge in [0.25, 0.3) is 0 Å². The molecule has 0 spiro atoms. The fourth-order valence-corrected chi connectivity index (χ4v) is 2.49. The minimum atomic E-state index is -0.146. The van der Waals surface area contributed by atoms with E-state index in [1.165, 1.54) is 0 Å². The van der Waals surface area contributed by atoms with Crippen molar-refractivity contribution in [3.8, 4) is 0 Å². The van der Waals surface area contributed by atoms with Crippen LogP contribution in [0, 0.1) is 0 Å². The first-order chi connectivity index (χ1) is 7.18. The quantitative estimate of drug-likeness (QED) is 0.857. The minimum absolute atomic E-state index is 0.146. The lowest BCUT2D eigenvalue weighted by atomic mass is 10.1. The van der Waals surface area contributed by atoms with Gasteiger partial charge < -0.3 is 10.0 Å². The van der Waals surface area contributed by atoms with Crippen molar-refractivity contribution in [3.63, 3.8) is 0 Å². The van der Waals surface area contributed by atoms with Crippen molar-refractivity contribution in [2.24, 2.45) is 0 Å². The summed E-state index contributed by atoms with van der Waals surface area (Å²) in [5.41, 5.74) is 0. The summed E-state index contributed by atoms with van der Waals surface area (Å²) in [5.74, 6) is 0.955. The summed E-state index contributed by atoms with van der Waals surface area (Å²) in [7, 11) is 0. The molecule has 1 aliphatic rings. The Morgan fingerprint density at radius 2 is 2.00 bits per heavy atom. The van der Waals surface area contributed by atoms with Crippen molar-refractivity contribution in [1.29, 1.82) is 0 Å². The Bertz CT molecular complexity index is 351. The molecule has 1 saturated heterocycles. The molecule has 82 valence electrons. The Morgan fingerprint density at radius 3 is 2.67 bits per heavy atom. The topological polar surface area (TPSA) is 36.4 Å². The lowest BCUT2D eigenvalue weighted by Gasteiger charge is -2.31. The molecule has 15 heavy (non-hydrogen) atoms. The third-order valence-corrected chi connectivity index (χ3v) is 4.56. The molecule has 3 nitrogen and oxygen atoms in total. The highest BCUT2D eigenvalue weighted by Crippen LogP contribution is 2.32. The lowest BCUT2D eigenvalue weighted by molar-refractivity contribution is 0.145. The molecular weight excluding hydrogens is 324 g/mol. The van der Waals surface area contributed by atoms with Gasteiger partial charge in [-0.25, -0.2) is 4.98 Å². The van der Waals surface area contributed by atoms with Crippen LogP contribution in [0.15, 0.2) is 21.2 Å². The minimum Gasteiger partial charge on any atom is -0.393 e. The number of halogens is 2. The van der Waals surface area contributed by atoms with E-state index >= 15 is 0 Å². The van der Waals surface area contributed by atoms with E-state index in [9.17, 15) is 5.11 Å². The fourth-order valence-electron chi connectivity index (χ4n) is 1.71. The Kier molecular flexibility index (Phi) is 3.64. The van der Waals surface area contributed by atoms with Crippen molar-refractivity contribution in [2.45, 2.75) is 18.9 Å². The van der Waals surface area contributed by atoms with Crippen LogP contribution in [-0.2, 0) is 0 Å². The molecule has 0 bridgehead atoms. The normalized spacial score (nSPS) is 18.2. The number of nitrogens with zero attached hydrogens (tertiary/aromatic N) is 2. The average Bonchev–Trinajstić information content (AvgIpc) is 2.24. The van der Waals surface area contributed by atoms with E-state index in [1.807, 2.05) is 6.07 Å². The van der Waals surface area contributed by atoms with Crippen molar-refractivity contribution >= 4 is 37.7 Å². The second kappa shape index (κ2) is 4.80. The maximum atomic E-state index is 9.43. The molecule has 2 heterocycles. The fraction of sp³-hybridized carbons (Fsp3) is 0.500. The average molecular weight is 336 g/mol. The molecule has 0 atom stereocenters. The van der Waals surface area contributed by atoms with Crippen molar-refractivity contribution < 1.29 is 5.11 Å². The summed E-state index contributed by atoms with van der Waals surface area (Å²) >= 11 is 6.98. The molecule has 1 aromatic rings. The van der Waals surface area contributed by atoms with E-state index in [0.29, 0.717) is 0 Å². The second-order valence-electron chi connectivity index (χ2n) is 3.65. The van der Waals surface area contributed by atoms with Crippen LogP contribution in [-0.4, -0.2) is 29.3 Å². The maximum absolute atomic E-state index is 9.43. The molecule has 1 aromatic heterocycles. The Morgan fingerprint density at radius 1 is 1.33 bits per heavy atom. The van der Waals surface area contributed by atoms with Gasteiger partial charge in [-0.1, -0.05) is 0 Å². The smallest absolute Gasteiger partial charge is 0.144 e. The van der Waals surface area contributed by atoms with Gasteiger partial charge in [-0.15, -0.1) is 0 Å².